The molecule has 2 rings (SSSR count). The predicted octanol–water partition coefficient (Wildman–Crippen LogP) is -2.99. The number of phenols is 1. The number of amides is 8. The van der Waals surface area contributed by atoms with Gasteiger partial charge in [-0.15, -0.1) is 0 Å². The van der Waals surface area contributed by atoms with Crippen LogP contribution in [0.3, 0.4) is 0 Å². The van der Waals surface area contributed by atoms with Crippen LogP contribution in [-0.2, 0) is 65.6 Å². The molecule has 0 bridgehead atoms. The fourth-order valence-corrected chi connectivity index (χ4v) is 7.65. The van der Waals surface area contributed by atoms with Crippen LogP contribution >= 0.6 is 0 Å². The summed E-state index contributed by atoms with van der Waals surface area (Å²) in [5.74, 6) is -14.1. The molecule has 0 saturated heterocycles. The quantitative estimate of drug-likeness (QED) is 0.0306. The van der Waals surface area contributed by atoms with Gasteiger partial charge in [0.1, 0.15) is 48.0 Å². The van der Waals surface area contributed by atoms with E-state index in [1.165, 1.54) is 38.1 Å². The van der Waals surface area contributed by atoms with Crippen LogP contribution in [-0.4, -0.2) is 169 Å². The van der Waals surface area contributed by atoms with Gasteiger partial charge in [0.2, 0.25) is 47.3 Å². The normalized spacial score (nSPS) is 15.0. The number of hydrogen-bond donors (Lipinski definition) is 16. The minimum atomic E-state index is -1.87. The first-order valence-electron chi connectivity index (χ1n) is 25.3. The average Bonchev–Trinajstić information content (AvgIpc) is 3.36. The number of phenolic OH excluding ortho intramolecular Hbond substituents is 1. The standard InChI is InChI=1S/C51H76N10O17/c1-26(2)21-34(55-46(72)37(24-40(67)68)58-49(75)38(25-62)59-43(69)32(53)13-9-10-20-52)47(73)60-41(27(3)4)50(76)54-33(18-19-39(65)66)44(70)56-35(23-30-14-16-31(64)17-15-30)45(71)57-36(22-29-11-7-6-8-12-29)48(74)61-42(28(5)63)51(77)78/h6-8,11-12,14-17,26-28,32-38,41-42,62-64H,9-10,13,18-25,52-53H2,1-5H3,(H,54,76)(H,55,72)(H,56,70)(H,57,71)(H,58,75)(H,59,69)(H,60,73)(H,61,74)(H,65,66)(H,67,68)(H,77,78)/t28-,32+,33+,34+,35+,36+,37+,38+,41+,42+/m1/s1. The van der Waals surface area contributed by atoms with Crippen LogP contribution in [0.4, 0.5) is 0 Å². The number of nitrogens with two attached hydrogens (primary N) is 2. The SMILES string of the molecule is CC(C)C[C@H](NC(=O)[C@H](CC(=O)O)NC(=O)[C@H](CO)NC(=O)[C@@H](N)CCCCN)C(=O)N[C@H](C(=O)N[C@@H](CCC(=O)O)C(=O)N[C@@H](Cc1ccc(O)cc1)C(=O)N[C@@H](Cc1ccccc1)C(=O)N[C@H](C(=O)O)[C@@H](C)O)C(C)C. The molecule has 0 aliphatic carbocycles. The van der Waals surface area contributed by atoms with Gasteiger partial charge in [-0.2, -0.15) is 0 Å². The number of carbonyl (C=O) groups excluding carboxylic acids is 8. The highest BCUT2D eigenvalue weighted by Crippen LogP contribution is 2.15. The van der Waals surface area contributed by atoms with Gasteiger partial charge in [0.05, 0.1) is 25.2 Å². The third-order valence-electron chi connectivity index (χ3n) is 12.0. The zero-order chi connectivity index (χ0) is 58.8. The molecule has 2 aromatic rings. The zero-order valence-corrected chi connectivity index (χ0v) is 44.2. The number of carboxylic acid groups (broad SMARTS) is 3. The lowest BCUT2D eigenvalue weighted by Gasteiger charge is -2.29. The Kier molecular flexibility index (Phi) is 28.4. The maximum absolute atomic E-state index is 14.3. The molecule has 0 aliphatic rings. The Bertz CT molecular complexity index is 2360. The van der Waals surface area contributed by atoms with Crippen molar-refractivity contribution >= 4 is 65.2 Å². The Balaban J connectivity index is 2.46. The van der Waals surface area contributed by atoms with Crippen LogP contribution in [0.25, 0.3) is 0 Å². The molecule has 27 heteroatoms. The second kappa shape index (κ2) is 33.4. The lowest BCUT2D eigenvalue weighted by molar-refractivity contribution is -0.145. The average molecular weight is 1100 g/mol. The summed E-state index contributed by atoms with van der Waals surface area (Å²) in [7, 11) is 0. The molecule has 432 valence electrons. The maximum Gasteiger partial charge on any atom is 0.328 e. The second-order valence-electron chi connectivity index (χ2n) is 19.5. The predicted molar refractivity (Wildman–Crippen MR) is 278 cm³/mol. The van der Waals surface area contributed by atoms with E-state index in [9.17, 15) is 83.4 Å². The van der Waals surface area contributed by atoms with Gasteiger partial charge >= 0.3 is 17.9 Å². The van der Waals surface area contributed by atoms with Crippen molar-refractivity contribution in [3.8, 4) is 5.75 Å². The Morgan fingerprint density at radius 3 is 1.47 bits per heavy atom. The molecule has 0 aliphatic heterocycles. The third kappa shape index (κ3) is 23.6. The number of aliphatic hydroxyl groups excluding tert-OH is 2. The van der Waals surface area contributed by atoms with E-state index in [1.54, 1.807) is 44.2 Å². The number of hydrogen-bond acceptors (Lipinski definition) is 16. The Morgan fingerprint density at radius 2 is 0.974 bits per heavy atom. The number of carboxylic acids is 3. The summed E-state index contributed by atoms with van der Waals surface area (Å²) >= 11 is 0. The number of benzene rings is 2. The van der Waals surface area contributed by atoms with Crippen LogP contribution in [0, 0.1) is 11.8 Å². The van der Waals surface area contributed by atoms with Crippen LogP contribution in [0.15, 0.2) is 54.6 Å². The van der Waals surface area contributed by atoms with E-state index in [4.69, 9.17) is 11.5 Å². The van der Waals surface area contributed by atoms with Crippen molar-refractivity contribution < 1.29 is 83.4 Å². The molecule has 2 aromatic carbocycles. The number of aromatic hydroxyl groups is 1. The molecule has 0 saturated carbocycles. The topological polar surface area (TPSA) is 457 Å². The molecular formula is C51H76N10O17. The van der Waals surface area contributed by atoms with Crippen molar-refractivity contribution in [1.29, 1.82) is 0 Å². The zero-order valence-electron chi connectivity index (χ0n) is 44.2. The van der Waals surface area contributed by atoms with Crippen LogP contribution in [0.2, 0.25) is 0 Å². The molecule has 10 atom stereocenters. The second-order valence-corrected chi connectivity index (χ2v) is 19.5. The third-order valence-corrected chi connectivity index (χ3v) is 12.0. The van der Waals surface area contributed by atoms with Crippen molar-refractivity contribution in [2.75, 3.05) is 13.2 Å². The summed E-state index contributed by atoms with van der Waals surface area (Å²) in [5.41, 5.74) is 12.2. The van der Waals surface area contributed by atoms with Gasteiger partial charge in [0, 0.05) is 19.3 Å². The van der Waals surface area contributed by atoms with Gasteiger partial charge in [-0.05, 0) is 74.2 Å². The lowest BCUT2D eigenvalue weighted by atomic mass is 9.98. The number of nitrogens with one attached hydrogen (secondary N) is 8. The first-order chi connectivity index (χ1) is 36.7. The summed E-state index contributed by atoms with van der Waals surface area (Å²) in [6.07, 6.45) is -3.24. The van der Waals surface area contributed by atoms with Crippen molar-refractivity contribution in [3.05, 3.63) is 65.7 Å². The molecule has 0 aromatic heterocycles. The minimum Gasteiger partial charge on any atom is -0.508 e. The van der Waals surface area contributed by atoms with Crippen LogP contribution in [0.5, 0.6) is 5.75 Å². The van der Waals surface area contributed by atoms with Gasteiger partial charge in [0.25, 0.3) is 0 Å². The molecular weight excluding hydrogens is 1020 g/mol. The minimum absolute atomic E-state index is 0.113. The van der Waals surface area contributed by atoms with E-state index in [0.29, 0.717) is 30.5 Å². The molecule has 0 heterocycles. The monoisotopic (exact) mass is 1100 g/mol. The van der Waals surface area contributed by atoms with E-state index in [0.717, 1.165) is 6.92 Å². The fourth-order valence-electron chi connectivity index (χ4n) is 7.65. The van der Waals surface area contributed by atoms with Crippen molar-refractivity contribution in [3.63, 3.8) is 0 Å². The van der Waals surface area contributed by atoms with E-state index in [-0.39, 0.29) is 37.4 Å². The summed E-state index contributed by atoms with van der Waals surface area (Å²) in [5, 5.41) is 77.9. The molecule has 0 unspecified atom stereocenters. The Morgan fingerprint density at radius 1 is 0.513 bits per heavy atom. The van der Waals surface area contributed by atoms with Gasteiger partial charge in [0.15, 0.2) is 6.04 Å². The lowest BCUT2D eigenvalue weighted by Crippen LogP contribution is -2.61. The van der Waals surface area contributed by atoms with Crippen molar-refractivity contribution in [2.45, 2.75) is 153 Å². The summed E-state index contributed by atoms with van der Waals surface area (Å²) in [6, 6.07) is -0.602. The van der Waals surface area contributed by atoms with E-state index >= 15 is 0 Å². The van der Waals surface area contributed by atoms with Gasteiger partial charge < -0.3 is 84.6 Å². The fraction of sp³-hybridized carbons (Fsp3) is 0.549. The van der Waals surface area contributed by atoms with Crippen LogP contribution < -0.4 is 54.0 Å². The molecule has 27 nitrogen and oxygen atoms in total. The molecule has 0 radical (unpaired) electrons. The molecule has 78 heavy (non-hydrogen) atoms. The summed E-state index contributed by atoms with van der Waals surface area (Å²) < 4.78 is 0. The first-order valence-corrected chi connectivity index (χ1v) is 25.3. The summed E-state index contributed by atoms with van der Waals surface area (Å²) in [4.78, 5) is 146. The van der Waals surface area contributed by atoms with E-state index in [2.05, 4.69) is 42.5 Å². The number of carbonyl (C=O) groups is 11. The highest BCUT2D eigenvalue weighted by atomic mass is 16.4. The van der Waals surface area contributed by atoms with Gasteiger partial charge in [-0.25, -0.2) is 4.79 Å². The number of unbranched alkanes of at least 4 members (excludes halogenated alkanes) is 1. The first kappa shape index (κ1) is 66.4. The van der Waals surface area contributed by atoms with Crippen LogP contribution in [0.1, 0.15) is 90.7 Å². The largest absolute Gasteiger partial charge is 0.508 e. The van der Waals surface area contributed by atoms with Gasteiger partial charge in [-0.1, -0.05) is 76.6 Å². The highest BCUT2D eigenvalue weighted by Gasteiger charge is 2.37. The summed E-state index contributed by atoms with van der Waals surface area (Å²) in [6.45, 7) is 6.88. The smallest absolute Gasteiger partial charge is 0.328 e. The molecule has 0 fully saturated rings. The number of aliphatic hydroxyl groups is 2. The van der Waals surface area contributed by atoms with E-state index < -0.39 is 157 Å². The van der Waals surface area contributed by atoms with Crippen molar-refractivity contribution in [2.24, 2.45) is 23.3 Å². The molecule has 0 spiro atoms. The Hall–Kier alpha value is -7.75. The number of rotatable bonds is 35. The maximum atomic E-state index is 14.3. The van der Waals surface area contributed by atoms with Crippen molar-refractivity contribution in [1.82, 2.24) is 42.5 Å². The molecule has 8 amide bonds. The highest BCUT2D eigenvalue weighted by molar-refractivity contribution is 5.99. The van der Waals surface area contributed by atoms with E-state index in [1.807, 2.05) is 0 Å². The Labute approximate surface area is 450 Å². The molecule has 18 N–H and O–H groups in total. The van der Waals surface area contributed by atoms with Gasteiger partial charge in [-0.3, -0.25) is 47.9 Å². The number of aliphatic carboxylic acids is 3.